The minimum atomic E-state index is -0.400. The normalized spacial score (nSPS) is 14.1. The first kappa shape index (κ1) is 23.7. The molecule has 38 heavy (non-hydrogen) atoms. The zero-order valence-electron chi connectivity index (χ0n) is 20.9. The fourth-order valence-corrected chi connectivity index (χ4v) is 4.61. The molecule has 190 valence electrons. The molecule has 1 N–H and O–H groups in total. The zero-order valence-corrected chi connectivity index (χ0v) is 20.9. The van der Waals surface area contributed by atoms with Crippen LogP contribution in [-0.2, 0) is 0 Å². The highest BCUT2D eigenvalue weighted by molar-refractivity contribution is 5.91. The highest BCUT2D eigenvalue weighted by atomic mass is 19.1. The van der Waals surface area contributed by atoms with E-state index in [0.29, 0.717) is 33.8 Å². The van der Waals surface area contributed by atoms with Crippen molar-refractivity contribution >= 4 is 28.2 Å². The summed E-state index contributed by atoms with van der Waals surface area (Å²) in [6.07, 6.45) is 1.50. The van der Waals surface area contributed by atoms with Crippen LogP contribution in [0.15, 0.2) is 89.9 Å². The van der Waals surface area contributed by atoms with E-state index in [1.165, 1.54) is 28.7 Å². The van der Waals surface area contributed by atoms with Gasteiger partial charge in [0.15, 0.2) is 0 Å². The number of halogens is 1. The van der Waals surface area contributed by atoms with Gasteiger partial charge in [0.25, 0.3) is 5.56 Å². The van der Waals surface area contributed by atoms with Gasteiger partial charge >= 0.3 is 0 Å². The minimum Gasteiger partial charge on any atom is -0.369 e. The van der Waals surface area contributed by atoms with Crippen molar-refractivity contribution in [1.29, 1.82) is 0 Å². The molecule has 0 saturated carbocycles. The number of rotatable bonds is 5. The van der Waals surface area contributed by atoms with Crippen LogP contribution in [0.4, 0.5) is 21.7 Å². The molecule has 1 aliphatic rings. The Morgan fingerprint density at radius 1 is 0.868 bits per heavy atom. The Balaban J connectivity index is 1.38. The van der Waals surface area contributed by atoms with Gasteiger partial charge in [0.05, 0.1) is 11.1 Å². The molecular weight excluding hydrogens is 481 g/mol. The summed E-state index contributed by atoms with van der Waals surface area (Å²) in [6, 6.07) is 23.3. The largest absolute Gasteiger partial charge is 0.369 e. The molecule has 1 fully saturated rings. The van der Waals surface area contributed by atoms with E-state index in [1.807, 2.05) is 30.3 Å². The molecule has 6 rings (SSSR count). The lowest BCUT2D eigenvalue weighted by Crippen LogP contribution is -2.44. The fraction of sp³-hybridized carbons (Fsp3) is 0.172. The molecule has 3 heterocycles. The number of benzene rings is 3. The van der Waals surface area contributed by atoms with E-state index in [-0.39, 0.29) is 5.56 Å². The number of piperazine rings is 1. The van der Waals surface area contributed by atoms with Gasteiger partial charge in [-0.25, -0.2) is 14.4 Å². The van der Waals surface area contributed by atoms with Crippen LogP contribution in [0, 0.1) is 5.82 Å². The summed E-state index contributed by atoms with van der Waals surface area (Å²) in [5.74, 6) is -0.0797. The number of aromatic nitrogens is 4. The number of nitrogens with one attached hydrogen (secondary N) is 1. The van der Waals surface area contributed by atoms with Gasteiger partial charge < -0.3 is 15.1 Å². The number of nitrogens with zero attached hydrogens (tertiary/aromatic N) is 6. The van der Waals surface area contributed by atoms with Crippen LogP contribution >= 0.6 is 0 Å². The minimum absolute atomic E-state index is 0.291. The molecule has 1 saturated heterocycles. The lowest BCUT2D eigenvalue weighted by atomic mass is 10.1. The predicted molar refractivity (Wildman–Crippen MR) is 148 cm³/mol. The second kappa shape index (κ2) is 10.0. The molecule has 0 spiro atoms. The SMILES string of the molecule is CN1CCN(c2ccc(Nc3ncc4c(=O)n(-c5ccccc5)nc(-c5cccc(F)c5)c4n3)cc2)CC1. The maximum atomic E-state index is 14.2. The lowest BCUT2D eigenvalue weighted by Gasteiger charge is -2.34. The van der Waals surface area contributed by atoms with E-state index in [9.17, 15) is 9.18 Å². The first-order valence-corrected chi connectivity index (χ1v) is 12.5. The Morgan fingerprint density at radius 2 is 1.63 bits per heavy atom. The molecule has 9 heteroatoms. The zero-order chi connectivity index (χ0) is 26.1. The Morgan fingerprint density at radius 3 is 2.37 bits per heavy atom. The summed E-state index contributed by atoms with van der Waals surface area (Å²) in [6.45, 7) is 4.07. The first-order chi connectivity index (χ1) is 18.5. The standard InChI is InChI=1S/C29H26FN7O/c1-35-14-16-36(17-15-35)23-12-10-22(11-13-23)32-29-31-19-25-27(33-29)26(20-6-5-7-21(30)18-20)34-37(28(25)38)24-8-3-2-4-9-24/h2-13,18-19H,14-17H2,1H3,(H,31,32,33). The average Bonchev–Trinajstić information content (AvgIpc) is 2.95. The van der Waals surface area contributed by atoms with E-state index in [2.05, 4.69) is 49.4 Å². The van der Waals surface area contributed by atoms with Gasteiger partial charge in [-0.1, -0.05) is 30.3 Å². The van der Waals surface area contributed by atoms with Crippen LogP contribution in [0.5, 0.6) is 0 Å². The van der Waals surface area contributed by atoms with E-state index in [1.54, 1.807) is 24.3 Å². The molecular formula is C29H26FN7O. The summed E-state index contributed by atoms with van der Waals surface area (Å²) >= 11 is 0. The Kier molecular flexibility index (Phi) is 6.27. The van der Waals surface area contributed by atoms with Gasteiger partial charge in [-0.15, -0.1) is 0 Å². The summed E-state index contributed by atoms with van der Waals surface area (Å²) in [5, 5.41) is 8.13. The molecule has 0 unspecified atom stereocenters. The first-order valence-electron chi connectivity index (χ1n) is 12.5. The summed E-state index contributed by atoms with van der Waals surface area (Å²) in [4.78, 5) is 27.1. The van der Waals surface area contributed by atoms with Gasteiger partial charge in [-0.2, -0.15) is 9.78 Å². The molecule has 0 radical (unpaired) electrons. The number of anilines is 3. The van der Waals surface area contributed by atoms with Crippen molar-refractivity contribution in [3.63, 3.8) is 0 Å². The maximum Gasteiger partial charge on any atom is 0.282 e. The molecule has 0 bridgehead atoms. The van der Waals surface area contributed by atoms with Gasteiger partial charge in [-0.3, -0.25) is 4.79 Å². The molecule has 8 nitrogen and oxygen atoms in total. The van der Waals surface area contributed by atoms with Crippen LogP contribution < -0.4 is 15.8 Å². The van der Waals surface area contributed by atoms with Crippen LogP contribution in [0.25, 0.3) is 27.8 Å². The van der Waals surface area contributed by atoms with Gasteiger partial charge in [0.1, 0.15) is 17.0 Å². The molecule has 0 amide bonds. The summed E-state index contributed by atoms with van der Waals surface area (Å²) < 4.78 is 15.5. The highest BCUT2D eigenvalue weighted by Gasteiger charge is 2.17. The van der Waals surface area contributed by atoms with Gasteiger partial charge in [-0.05, 0) is 55.6 Å². The van der Waals surface area contributed by atoms with Crippen molar-refractivity contribution in [2.75, 3.05) is 43.4 Å². The quantitative estimate of drug-likeness (QED) is 0.376. The van der Waals surface area contributed by atoms with Crippen molar-refractivity contribution in [3.8, 4) is 16.9 Å². The van der Waals surface area contributed by atoms with E-state index in [4.69, 9.17) is 0 Å². The van der Waals surface area contributed by atoms with Crippen molar-refractivity contribution in [2.24, 2.45) is 0 Å². The highest BCUT2D eigenvalue weighted by Crippen LogP contribution is 2.26. The molecule has 1 aliphatic heterocycles. The van der Waals surface area contributed by atoms with Crippen molar-refractivity contribution in [3.05, 3.63) is 101 Å². The van der Waals surface area contributed by atoms with Gasteiger partial charge in [0.2, 0.25) is 5.95 Å². The third kappa shape index (κ3) is 4.71. The van der Waals surface area contributed by atoms with Crippen LogP contribution in [-0.4, -0.2) is 57.9 Å². The van der Waals surface area contributed by atoms with Crippen molar-refractivity contribution in [2.45, 2.75) is 0 Å². The third-order valence-corrected chi connectivity index (χ3v) is 6.73. The van der Waals surface area contributed by atoms with Crippen LogP contribution in [0.3, 0.4) is 0 Å². The topological polar surface area (TPSA) is 79.2 Å². The van der Waals surface area contributed by atoms with E-state index in [0.717, 1.165) is 31.9 Å². The molecule has 2 aromatic heterocycles. The second-order valence-corrected chi connectivity index (χ2v) is 9.33. The third-order valence-electron chi connectivity index (χ3n) is 6.73. The Bertz CT molecular complexity index is 1650. The van der Waals surface area contributed by atoms with E-state index >= 15 is 0 Å². The fourth-order valence-electron chi connectivity index (χ4n) is 4.61. The number of fused-ring (bicyclic) bond motifs is 1. The number of hydrogen-bond donors (Lipinski definition) is 1. The molecule has 5 aromatic rings. The van der Waals surface area contributed by atoms with E-state index < -0.39 is 5.82 Å². The lowest BCUT2D eigenvalue weighted by molar-refractivity contribution is 0.313. The van der Waals surface area contributed by atoms with Gasteiger partial charge in [0, 0.05) is 49.3 Å². The molecule has 0 aliphatic carbocycles. The Labute approximate surface area is 219 Å². The van der Waals surface area contributed by atoms with Crippen LogP contribution in [0.2, 0.25) is 0 Å². The van der Waals surface area contributed by atoms with Crippen LogP contribution in [0.1, 0.15) is 0 Å². The average molecular weight is 508 g/mol. The number of para-hydroxylation sites is 1. The smallest absolute Gasteiger partial charge is 0.282 e. The monoisotopic (exact) mass is 507 g/mol. The predicted octanol–water partition coefficient (Wildman–Crippen LogP) is 4.48. The number of likely N-dealkylation sites (N-methyl/N-ethyl adjacent to an activating group) is 1. The Hall–Kier alpha value is -4.63. The second-order valence-electron chi connectivity index (χ2n) is 9.33. The molecule has 0 atom stereocenters. The van der Waals surface area contributed by atoms with Crippen molar-refractivity contribution in [1.82, 2.24) is 24.6 Å². The maximum absolute atomic E-state index is 14.2. The number of hydrogen-bond acceptors (Lipinski definition) is 7. The summed E-state index contributed by atoms with van der Waals surface area (Å²) in [5.41, 5.74) is 3.48. The van der Waals surface area contributed by atoms with Crippen molar-refractivity contribution < 1.29 is 4.39 Å². The molecule has 3 aromatic carbocycles. The summed E-state index contributed by atoms with van der Waals surface area (Å²) in [7, 11) is 2.14.